The molecule has 0 bridgehead atoms. The first-order valence-corrected chi connectivity index (χ1v) is 12.3. The zero-order valence-electron chi connectivity index (χ0n) is 20.6. The number of ether oxygens (including phenoxy) is 3. The van der Waals surface area contributed by atoms with E-state index in [9.17, 15) is 24.9 Å². The van der Waals surface area contributed by atoms with Gasteiger partial charge in [-0.15, -0.1) is 0 Å². The van der Waals surface area contributed by atoms with Crippen molar-refractivity contribution in [2.24, 2.45) is 5.92 Å². The Balaban J connectivity index is 1.78. The fourth-order valence-electron chi connectivity index (χ4n) is 5.76. The van der Waals surface area contributed by atoms with Gasteiger partial charge < -0.3 is 29.5 Å². The van der Waals surface area contributed by atoms with E-state index in [1.807, 2.05) is 44.2 Å². The van der Waals surface area contributed by atoms with Crippen LogP contribution >= 0.6 is 0 Å². The molecule has 1 fully saturated rings. The van der Waals surface area contributed by atoms with E-state index in [1.165, 1.54) is 17.0 Å². The first-order chi connectivity index (χ1) is 17.3. The topological polar surface area (TPSA) is 126 Å². The summed E-state index contributed by atoms with van der Waals surface area (Å²) in [5.74, 6) is -3.99. The number of phenolic OH excluding ortho intramolecular Hbond substituents is 2. The van der Waals surface area contributed by atoms with Gasteiger partial charge in [0.05, 0.1) is 11.5 Å². The smallest absolute Gasteiger partial charge is 0.410 e. The number of carboxylic acid groups (broad SMARTS) is 1. The van der Waals surface area contributed by atoms with Crippen LogP contribution in [-0.4, -0.2) is 57.8 Å². The van der Waals surface area contributed by atoms with Gasteiger partial charge in [0.2, 0.25) is 0 Å². The molecule has 1 saturated carbocycles. The molecule has 1 aliphatic carbocycles. The Bertz CT molecular complexity index is 1100. The van der Waals surface area contributed by atoms with Gasteiger partial charge >= 0.3 is 12.1 Å². The van der Waals surface area contributed by atoms with Gasteiger partial charge in [-0.3, -0.25) is 9.69 Å². The number of aliphatic carboxylic acids is 1. The minimum absolute atomic E-state index is 0.00750. The van der Waals surface area contributed by atoms with Crippen molar-refractivity contribution in [3.8, 4) is 11.5 Å². The van der Waals surface area contributed by atoms with Gasteiger partial charge in [0, 0.05) is 32.6 Å². The zero-order chi connectivity index (χ0) is 25.9. The molecule has 1 amide bonds. The van der Waals surface area contributed by atoms with Crippen molar-refractivity contribution in [2.75, 3.05) is 19.8 Å². The highest BCUT2D eigenvalue weighted by Crippen LogP contribution is 2.55. The molecule has 2 unspecified atom stereocenters. The predicted molar refractivity (Wildman–Crippen MR) is 129 cm³/mol. The van der Waals surface area contributed by atoms with Crippen molar-refractivity contribution >= 4 is 12.1 Å². The van der Waals surface area contributed by atoms with Crippen LogP contribution in [0, 0.1) is 5.92 Å². The third-order valence-electron chi connectivity index (χ3n) is 7.27. The summed E-state index contributed by atoms with van der Waals surface area (Å²) in [7, 11) is 0. The molecule has 2 aromatic carbocycles. The van der Waals surface area contributed by atoms with Gasteiger partial charge in [0.15, 0.2) is 17.3 Å². The van der Waals surface area contributed by atoms with Crippen LogP contribution in [0.15, 0.2) is 42.5 Å². The van der Waals surface area contributed by atoms with Crippen LogP contribution in [0.5, 0.6) is 11.5 Å². The molecular weight excluding hydrogens is 466 g/mol. The number of fused-ring (bicyclic) bond motifs is 2. The minimum Gasteiger partial charge on any atom is -0.504 e. The number of phenols is 2. The van der Waals surface area contributed by atoms with Gasteiger partial charge in [-0.25, -0.2) is 4.79 Å². The molecule has 9 heteroatoms. The van der Waals surface area contributed by atoms with E-state index in [0.29, 0.717) is 37.2 Å². The van der Waals surface area contributed by atoms with E-state index in [1.54, 1.807) is 0 Å². The molecule has 3 N–H and O–H groups in total. The number of aromatic hydroxyl groups is 2. The maximum absolute atomic E-state index is 13.5. The van der Waals surface area contributed by atoms with Crippen LogP contribution in [0.1, 0.15) is 49.8 Å². The predicted octanol–water partition coefficient (Wildman–Crippen LogP) is 4.14. The monoisotopic (exact) mass is 499 g/mol. The first-order valence-electron chi connectivity index (χ1n) is 12.3. The van der Waals surface area contributed by atoms with Crippen LogP contribution in [0.3, 0.4) is 0 Å². The highest BCUT2D eigenvalue weighted by molar-refractivity contribution is 5.77. The van der Waals surface area contributed by atoms with Gasteiger partial charge in [0.1, 0.15) is 6.61 Å². The standard InChI is InChI=1S/C27H33NO8/c1-3-35-26(36-4-2)11-12-27(21(16-26)24(31)32)20-15-23(30)22(29)14-19(20)10-13-28(27)25(33)34-17-18-8-6-5-7-9-18/h5-9,14-15,21,29-30H,3-4,10-13,16-17H2,1-2H3,(H,31,32). The number of hydrogen-bond acceptors (Lipinski definition) is 7. The molecule has 2 aliphatic rings. The highest BCUT2D eigenvalue weighted by Gasteiger charge is 2.60. The summed E-state index contributed by atoms with van der Waals surface area (Å²) in [4.78, 5) is 27.8. The van der Waals surface area contributed by atoms with E-state index in [2.05, 4.69) is 0 Å². The number of carboxylic acids is 1. The van der Waals surface area contributed by atoms with E-state index >= 15 is 0 Å². The quantitative estimate of drug-likeness (QED) is 0.383. The molecule has 1 aliphatic heterocycles. The molecule has 0 radical (unpaired) electrons. The first kappa shape index (κ1) is 25.8. The summed E-state index contributed by atoms with van der Waals surface area (Å²) in [5, 5.41) is 31.0. The van der Waals surface area contributed by atoms with Gasteiger partial charge in [-0.1, -0.05) is 30.3 Å². The summed E-state index contributed by atoms with van der Waals surface area (Å²) in [6, 6.07) is 12.1. The third-order valence-corrected chi connectivity index (χ3v) is 7.27. The van der Waals surface area contributed by atoms with Crippen LogP contribution in [0.4, 0.5) is 4.79 Å². The molecule has 1 spiro atoms. The molecule has 2 atom stereocenters. The Morgan fingerprint density at radius 1 is 1.03 bits per heavy atom. The lowest BCUT2D eigenvalue weighted by atomic mass is 9.63. The average Bonchev–Trinajstić information content (AvgIpc) is 2.86. The van der Waals surface area contributed by atoms with Gasteiger partial charge in [-0.05, 0) is 55.5 Å². The SMILES string of the molecule is CCOC1(OCC)CCC2(c3cc(O)c(O)cc3CCN2C(=O)OCc2ccccc2)C(C(=O)O)C1. The number of carbonyl (C=O) groups is 2. The minimum atomic E-state index is -1.32. The number of benzene rings is 2. The fraction of sp³-hybridized carbons (Fsp3) is 0.481. The summed E-state index contributed by atoms with van der Waals surface area (Å²) >= 11 is 0. The summed E-state index contributed by atoms with van der Waals surface area (Å²) in [5.41, 5.74) is 0.666. The summed E-state index contributed by atoms with van der Waals surface area (Å²) < 4.78 is 17.6. The Kier molecular flexibility index (Phi) is 7.42. The molecule has 0 aromatic heterocycles. The normalized spacial score (nSPS) is 22.7. The molecular formula is C27H33NO8. The fourth-order valence-corrected chi connectivity index (χ4v) is 5.76. The van der Waals surface area contributed by atoms with Crippen LogP contribution in [-0.2, 0) is 37.6 Å². The second-order valence-corrected chi connectivity index (χ2v) is 9.24. The van der Waals surface area contributed by atoms with Gasteiger partial charge in [-0.2, -0.15) is 0 Å². The maximum atomic E-state index is 13.5. The molecule has 36 heavy (non-hydrogen) atoms. The molecule has 0 saturated heterocycles. The zero-order valence-corrected chi connectivity index (χ0v) is 20.6. The summed E-state index contributed by atoms with van der Waals surface area (Å²) in [6.45, 7) is 4.57. The Morgan fingerprint density at radius 3 is 2.33 bits per heavy atom. The molecule has 9 nitrogen and oxygen atoms in total. The number of amides is 1. The Labute approximate surface area is 210 Å². The summed E-state index contributed by atoms with van der Waals surface area (Å²) in [6.07, 6.45) is 0.292. The van der Waals surface area contributed by atoms with Crippen molar-refractivity contribution in [3.05, 3.63) is 59.2 Å². The highest BCUT2D eigenvalue weighted by atomic mass is 16.7. The van der Waals surface area contributed by atoms with Crippen LogP contribution < -0.4 is 0 Å². The van der Waals surface area contributed by atoms with Crippen LogP contribution in [0.2, 0.25) is 0 Å². The van der Waals surface area contributed by atoms with Gasteiger partial charge in [0.25, 0.3) is 0 Å². The lowest BCUT2D eigenvalue weighted by Crippen LogP contribution is -2.64. The number of carbonyl (C=O) groups excluding carboxylic acids is 1. The molecule has 2 aromatic rings. The molecule has 194 valence electrons. The van der Waals surface area contributed by atoms with Crippen molar-refractivity contribution in [2.45, 2.75) is 57.5 Å². The lowest BCUT2D eigenvalue weighted by Gasteiger charge is -2.55. The van der Waals surface area contributed by atoms with E-state index < -0.39 is 29.3 Å². The average molecular weight is 500 g/mol. The van der Waals surface area contributed by atoms with E-state index in [0.717, 1.165) is 5.56 Å². The van der Waals surface area contributed by atoms with E-state index in [-0.39, 0.29) is 37.5 Å². The van der Waals surface area contributed by atoms with Crippen molar-refractivity contribution in [1.29, 1.82) is 0 Å². The molecule has 4 rings (SSSR count). The lowest BCUT2D eigenvalue weighted by molar-refractivity contribution is -0.270. The second-order valence-electron chi connectivity index (χ2n) is 9.24. The van der Waals surface area contributed by atoms with E-state index in [4.69, 9.17) is 14.2 Å². The third kappa shape index (κ3) is 4.60. The Morgan fingerprint density at radius 2 is 1.69 bits per heavy atom. The van der Waals surface area contributed by atoms with Crippen molar-refractivity contribution in [1.82, 2.24) is 4.90 Å². The number of nitrogens with zero attached hydrogens (tertiary/aromatic N) is 1. The largest absolute Gasteiger partial charge is 0.504 e. The number of rotatable bonds is 7. The van der Waals surface area contributed by atoms with Crippen molar-refractivity contribution < 1.29 is 39.1 Å². The number of hydrogen-bond donors (Lipinski definition) is 3. The Hall–Kier alpha value is -3.30. The molecule has 1 heterocycles. The maximum Gasteiger partial charge on any atom is 0.410 e. The second kappa shape index (κ2) is 10.4. The van der Waals surface area contributed by atoms with Crippen molar-refractivity contribution in [3.63, 3.8) is 0 Å². The van der Waals surface area contributed by atoms with Crippen LogP contribution in [0.25, 0.3) is 0 Å².